The maximum absolute atomic E-state index is 5.81. The number of halogens is 1. The first kappa shape index (κ1) is 9.07. The Balaban J connectivity index is 3.03. The molecule has 3 heteroatoms. The van der Waals surface area contributed by atoms with E-state index in [4.69, 9.17) is 11.6 Å². The van der Waals surface area contributed by atoms with Crippen molar-refractivity contribution in [3.63, 3.8) is 0 Å². The number of nitrogens with one attached hydrogen (secondary N) is 1. The fraction of sp³-hybridized carbons (Fsp3) is 0.222. The monoisotopic (exact) mass is 182 g/mol. The molecule has 1 aromatic rings. The number of hydrogen-bond donors (Lipinski definition) is 1. The second kappa shape index (κ2) is 4.12. The molecule has 0 radical (unpaired) electrons. The van der Waals surface area contributed by atoms with Gasteiger partial charge in [-0.15, -0.1) is 0 Å². The average Bonchev–Trinajstić information content (AvgIpc) is 2.05. The van der Waals surface area contributed by atoms with Crippen molar-refractivity contribution in [2.75, 3.05) is 11.9 Å². The minimum atomic E-state index is 0.707. The summed E-state index contributed by atoms with van der Waals surface area (Å²) in [6.45, 7) is 6.34. The van der Waals surface area contributed by atoms with Gasteiger partial charge in [0.1, 0.15) is 0 Å². The van der Waals surface area contributed by atoms with Crippen molar-refractivity contribution < 1.29 is 0 Å². The lowest BCUT2D eigenvalue weighted by Crippen LogP contribution is -1.96. The number of rotatable bonds is 3. The maximum Gasteiger partial charge on any atom is 0.0854 e. The van der Waals surface area contributed by atoms with Crippen LogP contribution in [0.25, 0.3) is 0 Å². The van der Waals surface area contributed by atoms with Gasteiger partial charge in [-0.25, -0.2) is 0 Å². The third kappa shape index (κ3) is 1.98. The Bertz CT molecular complexity index is 284. The van der Waals surface area contributed by atoms with Gasteiger partial charge in [-0.05, 0) is 31.8 Å². The molecule has 0 fully saturated rings. The first-order chi connectivity index (χ1) is 5.77. The highest BCUT2D eigenvalue weighted by molar-refractivity contribution is 6.31. The molecule has 0 aliphatic rings. The molecule has 0 amide bonds. The predicted octanol–water partition coefficient (Wildman–Crippen LogP) is 3.10. The molecule has 1 rings (SSSR count). The van der Waals surface area contributed by atoms with Crippen LogP contribution in [0, 0.1) is 0 Å². The summed E-state index contributed by atoms with van der Waals surface area (Å²) >= 11 is 5.81. The van der Waals surface area contributed by atoms with Crippen molar-refractivity contribution in [2.24, 2.45) is 4.99 Å². The number of hydrogen-bond acceptors (Lipinski definition) is 2. The van der Waals surface area contributed by atoms with Crippen LogP contribution in [0.3, 0.4) is 0 Å². The lowest BCUT2D eigenvalue weighted by molar-refractivity contribution is 1.21. The summed E-state index contributed by atoms with van der Waals surface area (Å²) in [5.74, 6) is 0. The van der Waals surface area contributed by atoms with Gasteiger partial charge in [0.05, 0.1) is 11.4 Å². The predicted molar refractivity (Wildman–Crippen MR) is 54.8 cm³/mol. The first-order valence-corrected chi connectivity index (χ1v) is 4.16. The molecule has 64 valence electrons. The van der Waals surface area contributed by atoms with Crippen molar-refractivity contribution in [3.8, 4) is 0 Å². The molecular weight excluding hydrogens is 172 g/mol. The zero-order valence-electron chi connectivity index (χ0n) is 6.97. The molecule has 1 N–H and O–H groups in total. The highest BCUT2D eigenvalue weighted by Gasteiger charge is 1.98. The van der Waals surface area contributed by atoms with E-state index >= 15 is 0 Å². The van der Waals surface area contributed by atoms with Gasteiger partial charge in [0.15, 0.2) is 0 Å². The Morgan fingerprint density at radius 3 is 2.92 bits per heavy atom. The molecule has 12 heavy (non-hydrogen) atoms. The number of nitrogens with zero attached hydrogens (tertiary/aromatic N) is 1. The van der Waals surface area contributed by atoms with Crippen molar-refractivity contribution >= 4 is 29.7 Å². The molecule has 0 atom stereocenters. The van der Waals surface area contributed by atoms with Crippen LogP contribution in [0.2, 0.25) is 5.02 Å². The molecular formula is C9H11ClN2. The van der Waals surface area contributed by atoms with Crippen LogP contribution in [-0.2, 0) is 0 Å². The highest BCUT2D eigenvalue weighted by Crippen LogP contribution is 2.27. The van der Waals surface area contributed by atoms with Gasteiger partial charge in [-0.2, -0.15) is 0 Å². The Kier molecular flexibility index (Phi) is 3.11. The second-order valence-corrected chi connectivity index (χ2v) is 2.79. The maximum atomic E-state index is 5.81. The average molecular weight is 183 g/mol. The lowest BCUT2D eigenvalue weighted by Gasteiger charge is -2.06. The van der Waals surface area contributed by atoms with Gasteiger partial charge in [0.25, 0.3) is 0 Å². The van der Waals surface area contributed by atoms with E-state index in [-0.39, 0.29) is 0 Å². The molecule has 0 bridgehead atoms. The van der Waals surface area contributed by atoms with Crippen LogP contribution < -0.4 is 5.32 Å². The summed E-state index contributed by atoms with van der Waals surface area (Å²) in [4.78, 5) is 3.86. The van der Waals surface area contributed by atoms with Gasteiger partial charge < -0.3 is 5.32 Å². The molecule has 0 unspecified atom stereocenters. The first-order valence-electron chi connectivity index (χ1n) is 3.78. The number of aliphatic imine (C=N–C) groups is 1. The molecule has 0 aliphatic heterocycles. The van der Waals surface area contributed by atoms with Crippen LogP contribution in [0.4, 0.5) is 11.4 Å². The summed E-state index contributed by atoms with van der Waals surface area (Å²) in [6.07, 6.45) is 0. The van der Waals surface area contributed by atoms with Crippen LogP contribution in [0.1, 0.15) is 6.92 Å². The Morgan fingerprint density at radius 1 is 1.58 bits per heavy atom. The minimum Gasteiger partial charge on any atom is -0.384 e. The smallest absolute Gasteiger partial charge is 0.0854 e. The van der Waals surface area contributed by atoms with Crippen LogP contribution in [0.5, 0.6) is 0 Å². The van der Waals surface area contributed by atoms with Gasteiger partial charge in [-0.3, -0.25) is 4.99 Å². The standard InChI is InChI=1S/C9H11ClN2/c1-3-12-9-6-7(10)4-5-8(9)11-2/h4-6,12H,2-3H2,1H3. The normalized spacial score (nSPS) is 9.50. The largest absolute Gasteiger partial charge is 0.384 e. The minimum absolute atomic E-state index is 0.707. The third-order valence-corrected chi connectivity index (χ3v) is 1.73. The quantitative estimate of drug-likeness (QED) is 0.714. The molecule has 0 aliphatic carbocycles. The van der Waals surface area contributed by atoms with E-state index in [1.807, 2.05) is 19.1 Å². The molecule has 0 aromatic heterocycles. The van der Waals surface area contributed by atoms with Gasteiger partial charge in [-0.1, -0.05) is 11.6 Å². The summed E-state index contributed by atoms with van der Waals surface area (Å²) in [7, 11) is 0. The van der Waals surface area contributed by atoms with Crippen molar-refractivity contribution in [1.82, 2.24) is 0 Å². The fourth-order valence-corrected chi connectivity index (χ4v) is 1.15. The number of benzene rings is 1. The van der Waals surface area contributed by atoms with Crippen LogP contribution in [-0.4, -0.2) is 13.3 Å². The Morgan fingerprint density at radius 2 is 2.33 bits per heavy atom. The molecule has 1 aromatic carbocycles. The van der Waals surface area contributed by atoms with Crippen molar-refractivity contribution in [2.45, 2.75) is 6.92 Å². The van der Waals surface area contributed by atoms with E-state index in [0.717, 1.165) is 17.9 Å². The molecule has 0 saturated heterocycles. The zero-order valence-corrected chi connectivity index (χ0v) is 7.73. The molecule has 2 nitrogen and oxygen atoms in total. The van der Waals surface area contributed by atoms with E-state index in [9.17, 15) is 0 Å². The van der Waals surface area contributed by atoms with Crippen molar-refractivity contribution in [1.29, 1.82) is 0 Å². The third-order valence-electron chi connectivity index (χ3n) is 1.50. The second-order valence-electron chi connectivity index (χ2n) is 2.35. The summed E-state index contributed by atoms with van der Waals surface area (Å²) < 4.78 is 0. The van der Waals surface area contributed by atoms with Gasteiger partial charge >= 0.3 is 0 Å². The van der Waals surface area contributed by atoms with E-state index in [2.05, 4.69) is 17.0 Å². The highest BCUT2D eigenvalue weighted by atomic mass is 35.5. The molecule has 0 saturated carbocycles. The van der Waals surface area contributed by atoms with Gasteiger partial charge in [0, 0.05) is 11.6 Å². The lowest BCUT2D eigenvalue weighted by atomic mass is 10.2. The molecule has 0 heterocycles. The summed E-state index contributed by atoms with van der Waals surface area (Å²) in [6, 6.07) is 5.48. The summed E-state index contributed by atoms with van der Waals surface area (Å²) in [5.41, 5.74) is 1.77. The van der Waals surface area contributed by atoms with Crippen LogP contribution >= 0.6 is 11.6 Å². The summed E-state index contributed by atoms with van der Waals surface area (Å²) in [5, 5.41) is 3.86. The molecule has 0 spiro atoms. The number of anilines is 1. The van der Waals surface area contributed by atoms with Crippen molar-refractivity contribution in [3.05, 3.63) is 23.2 Å². The zero-order chi connectivity index (χ0) is 8.97. The topological polar surface area (TPSA) is 24.4 Å². The Labute approximate surface area is 77.3 Å². The van der Waals surface area contributed by atoms with E-state index in [1.54, 1.807) is 6.07 Å². The fourth-order valence-electron chi connectivity index (χ4n) is 0.978. The van der Waals surface area contributed by atoms with E-state index in [0.29, 0.717) is 5.02 Å². The van der Waals surface area contributed by atoms with Gasteiger partial charge in [0.2, 0.25) is 0 Å². The van der Waals surface area contributed by atoms with Crippen LogP contribution in [0.15, 0.2) is 23.2 Å². The van der Waals surface area contributed by atoms with E-state index < -0.39 is 0 Å². The Hall–Kier alpha value is -1.02. The SMILES string of the molecule is C=Nc1ccc(Cl)cc1NCC. The van der Waals surface area contributed by atoms with E-state index in [1.165, 1.54) is 0 Å².